The van der Waals surface area contributed by atoms with Gasteiger partial charge in [-0.1, -0.05) is 6.07 Å². The third kappa shape index (κ3) is 3.39. The lowest BCUT2D eigenvalue weighted by molar-refractivity contribution is -0.131. The molecule has 1 atom stereocenters. The van der Waals surface area contributed by atoms with E-state index in [1.54, 1.807) is 11.3 Å². The minimum atomic E-state index is 0.165. The van der Waals surface area contributed by atoms with Gasteiger partial charge in [0.2, 0.25) is 11.8 Å². The maximum Gasteiger partial charge on any atom is 0.236 e. The third-order valence-electron chi connectivity index (χ3n) is 4.73. The Morgan fingerprint density at radius 3 is 2.96 bits per heavy atom. The van der Waals surface area contributed by atoms with Crippen LogP contribution in [-0.2, 0) is 16.0 Å². The molecule has 0 unspecified atom stereocenters. The minimum absolute atomic E-state index is 0.165. The molecule has 6 heteroatoms. The number of carbonyl (C=O) groups is 1. The van der Waals surface area contributed by atoms with E-state index in [2.05, 4.69) is 9.88 Å². The quantitative estimate of drug-likeness (QED) is 0.805. The summed E-state index contributed by atoms with van der Waals surface area (Å²) >= 11 is 1.59. The number of oxazole rings is 1. The number of amides is 1. The minimum Gasteiger partial charge on any atom is -0.440 e. The highest BCUT2D eigenvalue weighted by atomic mass is 32.1. The van der Waals surface area contributed by atoms with Gasteiger partial charge < -0.3 is 14.1 Å². The van der Waals surface area contributed by atoms with Crippen molar-refractivity contribution in [3.05, 3.63) is 29.0 Å². The summed E-state index contributed by atoms with van der Waals surface area (Å²) in [4.78, 5) is 20.4. The van der Waals surface area contributed by atoms with E-state index in [9.17, 15) is 4.79 Å². The summed E-state index contributed by atoms with van der Waals surface area (Å²) in [5, 5.41) is 2.00. The predicted octanol–water partition coefficient (Wildman–Crippen LogP) is 3.28. The maximum absolute atomic E-state index is 12.8. The average molecular weight is 346 g/mol. The monoisotopic (exact) mass is 346 g/mol. The number of aryl methyl sites for hydroxylation is 1. The van der Waals surface area contributed by atoms with Gasteiger partial charge in [-0.05, 0) is 37.6 Å². The van der Waals surface area contributed by atoms with Crippen molar-refractivity contribution in [2.24, 2.45) is 5.92 Å². The molecule has 0 bridgehead atoms. The van der Waals surface area contributed by atoms with E-state index in [4.69, 9.17) is 9.15 Å². The first-order chi connectivity index (χ1) is 11.7. The van der Waals surface area contributed by atoms with Crippen molar-refractivity contribution >= 4 is 17.2 Å². The van der Waals surface area contributed by atoms with E-state index in [0.717, 1.165) is 55.4 Å². The van der Waals surface area contributed by atoms with Crippen molar-refractivity contribution in [3.8, 4) is 10.8 Å². The Labute approximate surface area is 145 Å². The van der Waals surface area contributed by atoms with Crippen molar-refractivity contribution in [1.29, 1.82) is 0 Å². The summed E-state index contributed by atoms with van der Waals surface area (Å²) in [6, 6.07) is 4.38. The van der Waals surface area contributed by atoms with Crippen LogP contribution in [0.15, 0.2) is 21.9 Å². The Hall–Kier alpha value is -1.66. The smallest absolute Gasteiger partial charge is 0.236 e. The van der Waals surface area contributed by atoms with Crippen molar-refractivity contribution in [1.82, 2.24) is 9.88 Å². The molecule has 3 heterocycles. The number of ether oxygens (including phenoxy) is 1. The molecule has 128 valence electrons. The molecular formula is C18H22N2O3S. The zero-order chi connectivity index (χ0) is 16.5. The van der Waals surface area contributed by atoms with E-state index in [1.165, 1.54) is 0 Å². The molecule has 4 rings (SSSR count). The molecule has 0 radical (unpaired) electrons. The SMILES string of the molecule is Cc1oc(-c2cccs2)nc1CC(=O)N(C[C@@H]1CCOC1)C1CC1. The molecule has 0 aromatic carbocycles. The lowest BCUT2D eigenvalue weighted by atomic mass is 10.1. The average Bonchev–Trinajstić information content (AvgIpc) is 2.97. The first kappa shape index (κ1) is 15.8. The Morgan fingerprint density at radius 2 is 2.29 bits per heavy atom. The summed E-state index contributed by atoms with van der Waals surface area (Å²) in [5.74, 6) is 2.01. The predicted molar refractivity (Wildman–Crippen MR) is 91.9 cm³/mol. The summed E-state index contributed by atoms with van der Waals surface area (Å²) < 4.78 is 11.2. The van der Waals surface area contributed by atoms with Gasteiger partial charge >= 0.3 is 0 Å². The fraction of sp³-hybridized carbons (Fsp3) is 0.556. The van der Waals surface area contributed by atoms with Crippen LogP contribution in [-0.4, -0.2) is 41.6 Å². The second kappa shape index (κ2) is 6.69. The normalized spacial score (nSPS) is 20.5. The van der Waals surface area contributed by atoms with Crippen molar-refractivity contribution < 1.29 is 13.9 Å². The number of aromatic nitrogens is 1. The zero-order valence-corrected chi connectivity index (χ0v) is 14.7. The second-order valence-electron chi connectivity index (χ2n) is 6.68. The lowest BCUT2D eigenvalue weighted by Gasteiger charge is -2.25. The van der Waals surface area contributed by atoms with Gasteiger partial charge in [-0.25, -0.2) is 4.98 Å². The van der Waals surface area contributed by atoms with Gasteiger partial charge in [-0.2, -0.15) is 0 Å². The van der Waals surface area contributed by atoms with Crippen molar-refractivity contribution in [2.45, 2.75) is 38.6 Å². The highest BCUT2D eigenvalue weighted by Gasteiger charge is 2.35. The van der Waals surface area contributed by atoms with E-state index in [0.29, 0.717) is 24.3 Å². The van der Waals surface area contributed by atoms with Crippen molar-refractivity contribution in [3.63, 3.8) is 0 Å². The van der Waals surface area contributed by atoms with Gasteiger partial charge in [0.05, 0.1) is 23.6 Å². The standard InChI is InChI=1S/C18H22N2O3S/c1-12-15(19-18(23-12)16-3-2-8-24-16)9-17(21)20(14-4-5-14)10-13-6-7-22-11-13/h2-3,8,13-14H,4-7,9-11H2,1H3/t13-/m0/s1. The van der Waals surface area contributed by atoms with E-state index < -0.39 is 0 Å². The Bertz CT molecular complexity index is 700. The molecule has 1 aliphatic heterocycles. The van der Waals surface area contributed by atoms with Gasteiger partial charge in [0.15, 0.2) is 0 Å². The summed E-state index contributed by atoms with van der Waals surface area (Å²) in [7, 11) is 0. The van der Waals surface area contributed by atoms with Crippen LogP contribution in [0.4, 0.5) is 0 Å². The van der Waals surface area contributed by atoms with Crippen molar-refractivity contribution in [2.75, 3.05) is 19.8 Å². The number of thiophene rings is 1. The first-order valence-corrected chi connectivity index (χ1v) is 9.46. The first-order valence-electron chi connectivity index (χ1n) is 8.58. The van der Waals surface area contributed by atoms with Crippen LogP contribution in [0.25, 0.3) is 10.8 Å². The van der Waals surface area contributed by atoms with Gasteiger partial charge in [0, 0.05) is 25.1 Å². The fourth-order valence-corrected chi connectivity index (χ4v) is 3.84. The molecule has 5 nitrogen and oxygen atoms in total. The Morgan fingerprint density at radius 1 is 1.42 bits per heavy atom. The van der Waals surface area contributed by atoms with Gasteiger partial charge in [0.25, 0.3) is 0 Å². The van der Waals surface area contributed by atoms with E-state index in [-0.39, 0.29) is 5.91 Å². The van der Waals surface area contributed by atoms with Crippen LogP contribution < -0.4 is 0 Å². The molecule has 2 fully saturated rings. The molecular weight excluding hydrogens is 324 g/mol. The van der Waals surface area contributed by atoms with Gasteiger partial charge in [-0.3, -0.25) is 4.79 Å². The van der Waals surface area contributed by atoms with Gasteiger partial charge in [-0.15, -0.1) is 11.3 Å². The molecule has 24 heavy (non-hydrogen) atoms. The molecule has 0 spiro atoms. The van der Waals surface area contributed by atoms with Crippen LogP contribution in [0.2, 0.25) is 0 Å². The number of rotatable bonds is 6. The molecule has 1 saturated heterocycles. The Kier molecular flexibility index (Phi) is 4.41. The fourth-order valence-electron chi connectivity index (χ4n) is 3.19. The molecule has 1 saturated carbocycles. The second-order valence-corrected chi connectivity index (χ2v) is 7.63. The molecule has 0 N–H and O–H groups in total. The van der Waals surface area contributed by atoms with E-state index in [1.807, 2.05) is 24.4 Å². The highest BCUT2D eigenvalue weighted by molar-refractivity contribution is 7.13. The summed E-state index contributed by atoms with van der Waals surface area (Å²) in [6.07, 6.45) is 3.63. The molecule has 1 amide bonds. The number of hydrogen-bond acceptors (Lipinski definition) is 5. The topological polar surface area (TPSA) is 55.6 Å². The van der Waals surface area contributed by atoms with Crippen LogP contribution in [0.1, 0.15) is 30.7 Å². The number of carbonyl (C=O) groups excluding carboxylic acids is 1. The maximum atomic E-state index is 12.8. The van der Waals surface area contributed by atoms with Crippen LogP contribution in [0.3, 0.4) is 0 Å². The van der Waals surface area contributed by atoms with Crippen LogP contribution >= 0.6 is 11.3 Å². The zero-order valence-electron chi connectivity index (χ0n) is 13.9. The summed E-state index contributed by atoms with van der Waals surface area (Å²) in [5.41, 5.74) is 0.761. The molecule has 1 aliphatic carbocycles. The third-order valence-corrected chi connectivity index (χ3v) is 5.59. The number of hydrogen-bond donors (Lipinski definition) is 0. The largest absolute Gasteiger partial charge is 0.440 e. The van der Waals surface area contributed by atoms with Gasteiger partial charge in [0.1, 0.15) is 5.76 Å². The van der Waals surface area contributed by atoms with E-state index >= 15 is 0 Å². The highest BCUT2D eigenvalue weighted by Crippen LogP contribution is 2.31. The van der Waals surface area contributed by atoms with Crippen LogP contribution in [0.5, 0.6) is 0 Å². The summed E-state index contributed by atoms with van der Waals surface area (Å²) in [6.45, 7) is 4.31. The number of nitrogens with zero attached hydrogens (tertiary/aromatic N) is 2. The molecule has 2 aromatic rings. The van der Waals surface area contributed by atoms with Crippen LogP contribution in [0, 0.1) is 12.8 Å². The lowest BCUT2D eigenvalue weighted by Crippen LogP contribution is -2.38. The molecule has 2 aromatic heterocycles. The molecule has 2 aliphatic rings. The Balaban J connectivity index is 1.46.